The third-order valence-corrected chi connectivity index (χ3v) is 3.94. The topological polar surface area (TPSA) is 46.6 Å². The van der Waals surface area contributed by atoms with Crippen molar-refractivity contribution < 1.29 is 14.3 Å². The van der Waals surface area contributed by atoms with Gasteiger partial charge in [0.2, 0.25) is 5.88 Å². The van der Waals surface area contributed by atoms with Crippen LogP contribution in [0.5, 0.6) is 0 Å². The Morgan fingerprint density at radius 1 is 0.958 bits per heavy atom. The molecule has 1 fully saturated rings. The van der Waals surface area contributed by atoms with Crippen molar-refractivity contribution in [3.05, 3.63) is 83.7 Å². The lowest BCUT2D eigenvalue weighted by atomic mass is 10.0. The molecular formula is C20H19NO3. The molecule has 3 rings (SSSR count). The van der Waals surface area contributed by atoms with E-state index >= 15 is 0 Å². The Bertz CT molecular complexity index is 779. The van der Waals surface area contributed by atoms with Gasteiger partial charge in [-0.05, 0) is 26.0 Å². The molecular weight excluding hydrogens is 302 g/mol. The van der Waals surface area contributed by atoms with Crippen LogP contribution in [0.1, 0.15) is 34.6 Å². The SMILES string of the molecule is CC1(C)COC(=CC(=O)c2ccccc2)N1C(=O)c1ccccc1. The summed E-state index contributed by atoms with van der Waals surface area (Å²) in [5.41, 5.74) is 0.606. The molecule has 0 N–H and O–H groups in total. The highest BCUT2D eigenvalue weighted by molar-refractivity contribution is 6.05. The number of amides is 1. The Labute approximate surface area is 141 Å². The molecule has 2 aromatic rings. The minimum atomic E-state index is -0.518. The molecule has 4 nitrogen and oxygen atoms in total. The first-order valence-corrected chi connectivity index (χ1v) is 7.82. The van der Waals surface area contributed by atoms with Crippen LogP contribution in [-0.2, 0) is 4.74 Å². The molecule has 0 radical (unpaired) electrons. The fourth-order valence-corrected chi connectivity index (χ4v) is 2.67. The van der Waals surface area contributed by atoms with Gasteiger partial charge in [0, 0.05) is 17.2 Å². The first-order chi connectivity index (χ1) is 11.5. The molecule has 1 aliphatic heterocycles. The third kappa shape index (κ3) is 3.08. The first-order valence-electron chi connectivity index (χ1n) is 7.82. The van der Waals surface area contributed by atoms with Crippen LogP contribution in [0.25, 0.3) is 0 Å². The van der Waals surface area contributed by atoms with E-state index in [9.17, 15) is 9.59 Å². The molecule has 0 atom stereocenters. The van der Waals surface area contributed by atoms with E-state index in [1.54, 1.807) is 41.3 Å². The lowest BCUT2D eigenvalue weighted by molar-refractivity contribution is 0.0709. The molecule has 1 heterocycles. The van der Waals surface area contributed by atoms with E-state index in [0.29, 0.717) is 23.6 Å². The molecule has 0 saturated carbocycles. The molecule has 2 aromatic carbocycles. The molecule has 1 amide bonds. The maximum Gasteiger partial charge on any atom is 0.261 e. The number of allylic oxidation sites excluding steroid dienone is 1. The zero-order valence-electron chi connectivity index (χ0n) is 13.7. The number of nitrogens with zero attached hydrogens (tertiary/aromatic N) is 1. The Hall–Kier alpha value is -2.88. The molecule has 122 valence electrons. The van der Waals surface area contributed by atoms with Gasteiger partial charge in [0.25, 0.3) is 5.91 Å². The zero-order valence-corrected chi connectivity index (χ0v) is 13.7. The maximum atomic E-state index is 12.9. The summed E-state index contributed by atoms with van der Waals surface area (Å²) in [6.45, 7) is 4.18. The first kappa shape index (κ1) is 16.0. The van der Waals surface area contributed by atoms with Gasteiger partial charge >= 0.3 is 0 Å². The molecule has 0 unspecified atom stereocenters. The van der Waals surface area contributed by atoms with Gasteiger partial charge < -0.3 is 4.74 Å². The normalized spacial score (nSPS) is 17.6. The number of hydrogen-bond acceptors (Lipinski definition) is 3. The molecule has 24 heavy (non-hydrogen) atoms. The zero-order chi connectivity index (χ0) is 17.2. The van der Waals surface area contributed by atoms with Crippen LogP contribution >= 0.6 is 0 Å². The second-order valence-corrected chi connectivity index (χ2v) is 6.32. The fourth-order valence-electron chi connectivity index (χ4n) is 2.67. The van der Waals surface area contributed by atoms with Gasteiger partial charge in [0.05, 0.1) is 5.54 Å². The van der Waals surface area contributed by atoms with E-state index in [1.165, 1.54) is 6.08 Å². The summed E-state index contributed by atoms with van der Waals surface area (Å²) < 4.78 is 5.66. The van der Waals surface area contributed by atoms with Gasteiger partial charge in [-0.1, -0.05) is 48.5 Å². The van der Waals surface area contributed by atoms with E-state index in [4.69, 9.17) is 4.74 Å². The van der Waals surface area contributed by atoms with Crippen LogP contribution in [0, 0.1) is 0 Å². The maximum absolute atomic E-state index is 12.9. The van der Waals surface area contributed by atoms with Crippen LogP contribution in [0.15, 0.2) is 72.6 Å². The van der Waals surface area contributed by atoms with Gasteiger partial charge in [-0.2, -0.15) is 0 Å². The number of carbonyl (C=O) groups excluding carboxylic acids is 2. The smallest absolute Gasteiger partial charge is 0.261 e. The predicted molar refractivity (Wildman–Crippen MR) is 91.5 cm³/mol. The highest BCUT2D eigenvalue weighted by atomic mass is 16.5. The molecule has 0 aliphatic carbocycles. The summed E-state index contributed by atoms with van der Waals surface area (Å²) >= 11 is 0. The number of rotatable bonds is 3. The van der Waals surface area contributed by atoms with E-state index < -0.39 is 5.54 Å². The second-order valence-electron chi connectivity index (χ2n) is 6.32. The number of carbonyl (C=O) groups is 2. The van der Waals surface area contributed by atoms with Crippen LogP contribution < -0.4 is 0 Å². The quantitative estimate of drug-likeness (QED) is 0.640. The van der Waals surface area contributed by atoms with Crippen molar-refractivity contribution in [2.45, 2.75) is 19.4 Å². The van der Waals surface area contributed by atoms with Crippen LogP contribution in [0.3, 0.4) is 0 Å². The summed E-state index contributed by atoms with van der Waals surface area (Å²) in [6, 6.07) is 17.9. The largest absolute Gasteiger partial charge is 0.476 e. The highest BCUT2D eigenvalue weighted by Crippen LogP contribution is 2.31. The third-order valence-electron chi connectivity index (χ3n) is 3.94. The summed E-state index contributed by atoms with van der Waals surface area (Å²) in [6.07, 6.45) is 1.39. The van der Waals surface area contributed by atoms with Gasteiger partial charge in [-0.25, -0.2) is 0 Å². The van der Waals surface area contributed by atoms with Crippen LogP contribution in [0.2, 0.25) is 0 Å². The van der Waals surface area contributed by atoms with Crippen molar-refractivity contribution >= 4 is 11.7 Å². The number of hydrogen-bond donors (Lipinski definition) is 0. The van der Waals surface area contributed by atoms with Crippen LogP contribution in [0.4, 0.5) is 0 Å². The summed E-state index contributed by atoms with van der Waals surface area (Å²) in [7, 11) is 0. The Morgan fingerprint density at radius 3 is 2.08 bits per heavy atom. The number of benzene rings is 2. The van der Waals surface area contributed by atoms with Gasteiger partial charge in [0.1, 0.15) is 6.61 Å². The van der Waals surface area contributed by atoms with Gasteiger partial charge in [0.15, 0.2) is 5.78 Å². The van der Waals surface area contributed by atoms with Crippen molar-refractivity contribution in [3.63, 3.8) is 0 Å². The summed E-state index contributed by atoms with van der Waals surface area (Å²) in [5, 5.41) is 0. The predicted octanol–water partition coefficient (Wildman–Crippen LogP) is 3.66. The monoisotopic (exact) mass is 321 g/mol. The average molecular weight is 321 g/mol. The standard InChI is InChI=1S/C20H19NO3/c1-20(2)14-24-18(13-17(22)15-9-5-3-6-10-15)21(20)19(23)16-11-7-4-8-12-16/h3-13H,14H2,1-2H3. The van der Waals surface area contributed by atoms with Crippen molar-refractivity contribution in [2.24, 2.45) is 0 Å². The van der Waals surface area contributed by atoms with E-state index in [1.807, 2.05) is 38.1 Å². The lowest BCUT2D eigenvalue weighted by Gasteiger charge is -2.28. The molecule has 0 aromatic heterocycles. The number of ether oxygens (including phenoxy) is 1. The molecule has 0 bridgehead atoms. The minimum absolute atomic E-state index is 0.176. The summed E-state index contributed by atoms with van der Waals surface area (Å²) in [5.74, 6) is -0.0675. The fraction of sp³-hybridized carbons (Fsp3) is 0.200. The highest BCUT2D eigenvalue weighted by Gasteiger charge is 2.42. The van der Waals surface area contributed by atoms with E-state index in [0.717, 1.165) is 0 Å². The van der Waals surface area contributed by atoms with Crippen molar-refractivity contribution in [1.82, 2.24) is 4.90 Å². The minimum Gasteiger partial charge on any atom is -0.476 e. The molecule has 1 aliphatic rings. The van der Waals surface area contributed by atoms with E-state index in [2.05, 4.69) is 0 Å². The molecule has 1 saturated heterocycles. The Morgan fingerprint density at radius 2 is 1.50 bits per heavy atom. The summed E-state index contributed by atoms with van der Waals surface area (Å²) in [4.78, 5) is 26.9. The van der Waals surface area contributed by atoms with Crippen LogP contribution in [-0.4, -0.2) is 28.7 Å². The molecule has 0 spiro atoms. The van der Waals surface area contributed by atoms with Crippen molar-refractivity contribution in [3.8, 4) is 0 Å². The van der Waals surface area contributed by atoms with E-state index in [-0.39, 0.29) is 11.7 Å². The lowest BCUT2D eigenvalue weighted by Crippen LogP contribution is -2.43. The van der Waals surface area contributed by atoms with Gasteiger partial charge in [-0.15, -0.1) is 0 Å². The Balaban J connectivity index is 1.94. The molecule has 4 heteroatoms. The average Bonchev–Trinajstić information content (AvgIpc) is 2.90. The van der Waals surface area contributed by atoms with Gasteiger partial charge in [-0.3, -0.25) is 14.5 Å². The number of ketones is 1. The second kappa shape index (κ2) is 6.32. The Kier molecular flexibility index (Phi) is 4.21. The van der Waals surface area contributed by atoms with Crippen molar-refractivity contribution in [2.75, 3.05) is 6.61 Å². The van der Waals surface area contributed by atoms with Crippen molar-refractivity contribution in [1.29, 1.82) is 0 Å².